The Morgan fingerprint density at radius 2 is 1.91 bits per heavy atom. The quantitative estimate of drug-likeness (QED) is 0.642. The first-order valence-electron chi connectivity index (χ1n) is 6.93. The van der Waals surface area contributed by atoms with Gasteiger partial charge in [0.25, 0.3) is 0 Å². The Morgan fingerprint density at radius 1 is 1.14 bits per heavy atom. The molecule has 0 fully saturated rings. The van der Waals surface area contributed by atoms with E-state index in [9.17, 15) is 5.11 Å². The lowest BCUT2D eigenvalue weighted by atomic mass is 10.1. The fourth-order valence-electron chi connectivity index (χ4n) is 2.16. The van der Waals surface area contributed by atoms with Gasteiger partial charge in [-0.3, -0.25) is 4.40 Å². The van der Waals surface area contributed by atoms with Gasteiger partial charge in [0.05, 0.1) is 5.69 Å². The summed E-state index contributed by atoms with van der Waals surface area (Å²) in [6, 6.07) is 10.7. The molecule has 22 heavy (non-hydrogen) atoms. The van der Waals surface area contributed by atoms with Crippen LogP contribution in [0, 0.1) is 0 Å². The maximum absolute atomic E-state index is 9.79. The van der Waals surface area contributed by atoms with Gasteiger partial charge < -0.3 is 5.11 Å². The highest BCUT2D eigenvalue weighted by Gasteiger charge is 2.15. The standard InChI is InChI=1S/C16H15BrN4O/c1-10(2)15-16(20-19-12-5-3-4-6-13(12)22)21-9-11(17)7-8-14(21)18-15/h3-10,22H,1-2H3. The van der Waals surface area contributed by atoms with Crippen molar-refractivity contribution in [1.29, 1.82) is 0 Å². The molecule has 0 atom stereocenters. The zero-order valence-electron chi connectivity index (χ0n) is 12.2. The number of para-hydroxylation sites is 1. The highest BCUT2D eigenvalue weighted by Crippen LogP contribution is 2.32. The number of azo groups is 1. The van der Waals surface area contributed by atoms with Gasteiger partial charge in [-0.25, -0.2) is 4.98 Å². The van der Waals surface area contributed by atoms with Crippen molar-refractivity contribution in [2.45, 2.75) is 19.8 Å². The molecule has 5 nitrogen and oxygen atoms in total. The van der Waals surface area contributed by atoms with Gasteiger partial charge in [-0.15, -0.1) is 10.2 Å². The van der Waals surface area contributed by atoms with Gasteiger partial charge in [0, 0.05) is 10.7 Å². The van der Waals surface area contributed by atoms with Crippen LogP contribution < -0.4 is 0 Å². The van der Waals surface area contributed by atoms with E-state index in [1.165, 1.54) is 0 Å². The van der Waals surface area contributed by atoms with Crippen LogP contribution in [0.15, 0.2) is 57.3 Å². The number of hydrogen-bond acceptors (Lipinski definition) is 4. The molecular formula is C16H15BrN4O. The molecule has 1 N–H and O–H groups in total. The summed E-state index contributed by atoms with van der Waals surface area (Å²) < 4.78 is 2.83. The molecule has 0 aliphatic heterocycles. The van der Waals surface area contributed by atoms with Crippen LogP contribution in [-0.4, -0.2) is 14.5 Å². The molecule has 3 aromatic rings. The number of phenols is 1. The number of pyridine rings is 1. The van der Waals surface area contributed by atoms with Crippen LogP contribution in [0.25, 0.3) is 5.65 Å². The SMILES string of the molecule is CC(C)c1nc2ccc(Br)cn2c1N=Nc1ccccc1O. The largest absolute Gasteiger partial charge is 0.506 e. The van der Waals surface area contributed by atoms with Crippen LogP contribution in [0.1, 0.15) is 25.5 Å². The molecule has 0 saturated heterocycles. The first-order valence-corrected chi connectivity index (χ1v) is 7.73. The lowest BCUT2D eigenvalue weighted by Gasteiger charge is -2.02. The zero-order chi connectivity index (χ0) is 15.7. The average molecular weight is 359 g/mol. The summed E-state index contributed by atoms with van der Waals surface area (Å²) in [7, 11) is 0. The van der Waals surface area contributed by atoms with Gasteiger partial charge in [-0.05, 0) is 46.1 Å². The van der Waals surface area contributed by atoms with E-state index >= 15 is 0 Å². The number of aromatic nitrogens is 2. The van der Waals surface area contributed by atoms with E-state index in [0.29, 0.717) is 11.5 Å². The number of rotatable bonds is 3. The van der Waals surface area contributed by atoms with Crippen LogP contribution in [0.4, 0.5) is 11.5 Å². The monoisotopic (exact) mass is 358 g/mol. The second-order valence-electron chi connectivity index (χ2n) is 5.24. The smallest absolute Gasteiger partial charge is 0.183 e. The summed E-state index contributed by atoms with van der Waals surface area (Å²) in [5, 5.41) is 18.3. The summed E-state index contributed by atoms with van der Waals surface area (Å²) in [5.41, 5.74) is 2.12. The summed E-state index contributed by atoms with van der Waals surface area (Å²) in [4.78, 5) is 4.61. The maximum atomic E-state index is 9.79. The normalized spacial score (nSPS) is 11.8. The third kappa shape index (κ3) is 2.74. The number of imidazole rings is 1. The summed E-state index contributed by atoms with van der Waals surface area (Å²) in [6.45, 7) is 4.13. The predicted molar refractivity (Wildman–Crippen MR) is 89.3 cm³/mol. The third-order valence-corrected chi connectivity index (χ3v) is 3.73. The molecule has 0 amide bonds. The highest BCUT2D eigenvalue weighted by molar-refractivity contribution is 9.10. The van der Waals surface area contributed by atoms with Crippen molar-refractivity contribution in [2.24, 2.45) is 10.2 Å². The number of phenolic OH excluding ortho intramolecular Hbond substituents is 1. The van der Waals surface area contributed by atoms with E-state index in [0.717, 1.165) is 15.8 Å². The molecule has 2 aromatic heterocycles. The lowest BCUT2D eigenvalue weighted by molar-refractivity contribution is 0.476. The van der Waals surface area contributed by atoms with Crippen molar-refractivity contribution in [3.05, 3.63) is 52.8 Å². The first kappa shape index (κ1) is 14.7. The topological polar surface area (TPSA) is 62.2 Å². The number of nitrogens with zero attached hydrogens (tertiary/aromatic N) is 4. The lowest BCUT2D eigenvalue weighted by Crippen LogP contribution is -1.87. The molecule has 0 aliphatic rings. The molecule has 0 unspecified atom stereocenters. The van der Waals surface area contributed by atoms with Gasteiger partial charge in [-0.2, -0.15) is 0 Å². The molecule has 0 saturated carbocycles. The molecule has 2 heterocycles. The Labute approximate surface area is 136 Å². The summed E-state index contributed by atoms with van der Waals surface area (Å²) in [6.07, 6.45) is 1.91. The van der Waals surface area contributed by atoms with E-state index in [4.69, 9.17) is 0 Å². The number of benzene rings is 1. The van der Waals surface area contributed by atoms with Gasteiger partial charge >= 0.3 is 0 Å². The molecule has 3 rings (SSSR count). The number of fused-ring (bicyclic) bond motifs is 1. The molecule has 112 valence electrons. The molecule has 0 bridgehead atoms. The van der Waals surface area contributed by atoms with E-state index in [-0.39, 0.29) is 11.7 Å². The van der Waals surface area contributed by atoms with E-state index in [1.807, 2.05) is 28.8 Å². The minimum absolute atomic E-state index is 0.104. The van der Waals surface area contributed by atoms with Crippen LogP contribution in [-0.2, 0) is 0 Å². The fraction of sp³-hybridized carbons (Fsp3) is 0.188. The summed E-state index contributed by atoms with van der Waals surface area (Å²) in [5.74, 6) is 0.999. The Morgan fingerprint density at radius 3 is 2.64 bits per heavy atom. The van der Waals surface area contributed by atoms with Gasteiger partial charge in [0.15, 0.2) is 5.82 Å². The van der Waals surface area contributed by atoms with Crippen LogP contribution in [0.5, 0.6) is 5.75 Å². The van der Waals surface area contributed by atoms with E-state index in [2.05, 4.69) is 45.0 Å². The second kappa shape index (κ2) is 5.88. The van der Waals surface area contributed by atoms with Gasteiger partial charge in [0.1, 0.15) is 17.1 Å². The van der Waals surface area contributed by atoms with Crippen LogP contribution in [0.3, 0.4) is 0 Å². The second-order valence-corrected chi connectivity index (χ2v) is 6.16. The molecule has 0 spiro atoms. The van der Waals surface area contributed by atoms with E-state index in [1.54, 1.807) is 18.2 Å². The van der Waals surface area contributed by atoms with Crippen LogP contribution in [0.2, 0.25) is 0 Å². The molecule has 6 heteroatoms. The Bertz CT molecular complexity index is 854. The maximum Gasteiger partial charge on any atom is 0.183 e. The Hall–Kier alpha value is -2.21. The molecule has 1 aromatic carbocycles. The average Bonchev–Trinajstić information content (AvgIpc) is 2.84. The Balaban J connectivity index is 2.14. The van der Waals surface area contributed by atoms with E-state index < -0.39 is 0 Å². The van der Waals surface area contributed by atoms with Gasteiger partial charge in [-0.1, -0.05) is 26.0 Å². The number of aromatic hydroxyl groups is 1. The highest BCUT2D eigenvalue weighted by atomic mass is 79.9. The summed E-state index contributed by atoms with van der Waals surface area (Å²) >= 11 is 3.46. The third-order valence-electron chi connectivity index (χ3n) is 3.26. The minimum atomic E-state index is 0.104. The zero-order valence-corrected chi connectivity index (χ0v) is 13.8. The van der Waals surface area contributed by atoms with Crippen molar-refractivity contribution >= 4 is 33.1 Å². The van der Waals surface area contributed by atoms with Crippen LogP contribution >= 0.6 is 15.9 Å². The molecule has 0 radical (unpaired) electrons. The van der Waals surface area contributed by atoms with Gasteiger partial charge in [0.2, 0.25) is 0 Å². The molecular weight excluding hydrogens is 344 g/mol. The number of halogens is 1. The first-order chi connectivity index (χ1) is 10.6. The minimum Gasteiger partial charge on any atom is -0.506 e. The molecule has 0 aliphatic carbocycles. The number of hydrogen-bond donors (Lipinski definition) is 1. The fourth-order valence-corrected chi connectivity index (χ4v) is 2.50. The Kier molecular flexibility index (Phi) is 3.94. The predicted octanol–water partition coefficient (Wildman–Crippen LogP) is 5.34. The van der Waals surface area contributed by atoms with Crippen molar-refractivity contribution < 1.29 is 5.11 Å². The van der Waals surface area contributed by atoms with Crippen molar-refractivity contribution in [2.75, 3.05) is 0 Å². The van der Waals surface area contributed by atoms with Crippen molar-refractivity contribution in [3.8, 4) is 5.75 Å². The van der Waals surface area contributed by atoms with Crippen molar-refractivity contribution in [3.63, 3.8) is 0 Å². The van der Waals surface area contributed by atoms with Crippen molar-refractivity contribution in [1.82, 2.24) is 9.38 Å².